The molecule has 0 saturated carbocycles. The number of hydrogen-bond donors (Lipinski definition) is 1. The van der Waals surface area contributed by atoms with Crippen molar-refractivity contribution in [2.45, 2.75) is 129 Å². The lowest BCUT2D eigenvalue weighted by Crippen LogP contribution is -2.34. The van der Waals surface area contributed by atoms with Crippen LogP contribution in [-0.4, -0.2) is 28.0 Å². The van der Waals surface area contributed by atoms with Gasteiger partial charge in [0.05, 0.1) is 0 Å². The standard InChI is InChI=1S/C30H49N3O2S2/c1-10-14-16-25(26(34)31-27-32-33-28(37-27)36-20-21(5)15-11-2)35-24-18-17-22(29(6,7)12-3)19-23(24)30(8,9)13-4/h17-19,21,25H,10-16,20H2,1-9H3,(H,31,32,34). The highest BCUT2D eigenvalue weighted by Crippen LogP contribution is 2.39. The molecule has 0 fully saturated rings. The van der Waals surface area contributed by atoms with Crippen LogP contribution in [0.5, 0.6) is 5.75 Å². The quantitative estimate of drug-likeness (QED) is 0.168. The molecule has 1 amide bonds. The third kappa shape index (κ3) is 9.27. The molecule has 1 N–H and O–H groups in total. The van der Waals surface area contributed by atoms with Crippen molar-refractivity contribution in [1.29, 1.82) is 0 Å². The van der Waals surface area contributed by atoms with E-state index >= 15 is 0 Å². The number of anilines is 1. The lowest BCUT2D eigenvalue weighted by atomic mass is 9.76. The van der Waals surface area contributed by atoms with E-state index in [9.17, 15) is 4.79 Å². The number of rotatable bonds is 16. The summed E-state index contributed by atoms with van der Waals surface area (Å²) in [7, 11) is 0. The fourth-order valence-electron chi connectivity index (χ4n) is 4.06. The van der Waals surface area contributed by atoms with Gasteiger partial charge in [0.2, 0.25) is 5.13 Å². The van der Waals surface area contributed by atoms with Gasteiger partial charge in [0.15, 0.2) is 10.4 Å². The molecule has 1 aromatic carbocycles. The number of thioether (sulfide) groups is 1. The summed E-state index contributed by atoms with van der Waals surface area (Å²) in [5.74, 6) is 2.30. The summed E-state index contributed by atoms with van der Waals surface area (Å²) in [5.41, 5.74) is 2.49. The Bertz CT molecular complexity index is 987. The highest BCUT2D eigenvalue weighted by atomic mass is 32.2. The number of amides is 1. The molecule has 1 heterocycles. The van der Waals surface area contributed by atoms with Crippen LogP contribution in [0.3, 0.4) is 0 Å². The van der Waals surface area contributed by atoms with Crippen LogP contribution in [0.1, 0.15) is 118 Å². The van der Waals surface area contributed by atoms with Crippen LogP contribution in [0.25, 0.3) is 0 Å². The van der Waals surface area contributed by atoms with Crippen LogP contribution in [0.15, 0.2) is 22.5 Å². The fraction of sp³-hybridized carbons (Fsp3) is 0.700. The molecule has 0 saturated heterocycles. The smallest absolute Gasteiger partial charge is 0.267 e. The Morgan fingerprint density at radius 1 is 1.03 bits per heavy atom. The van der Waals surface area contributed by atoms with E-state index in [2.05, 4.69) is 96.0 Å². The number of ether oxygens (including phenoxy) is 1. The predicted molar refractivity (Wildman–Crippen MR) is 160 cm³/mol. The minimum absolute atomic E-state index is 0.0682. The van der Waals surface area contributed by atoms with Crippen LogP contribution in [0, 0.1) is 5.92 Å². The number of carbonyl (C=O) groups is 1. The third-order valence-corrected chi connectivity index (χ3v) is 9.85. The van der Waals surface area contributed by atoms with Gasteiger partial charge in [-0.3, -0.25) is 10.1 Å². The number of carbonyl (C=O) groups excluding carboxylic acids is 1. The molecule has 2 unspecified atom stereocenters. The van der Waals surface area contributed by atoms with E-state index in [4.69, 9.17) is 4.74 Å². The van der Waals surface area contributed by atoms with Crippen LogP contribution < -0.4 is 10.1 Å². The van der Waals surface area contributed by atoms with E-state index in [1.54, 1.807) is 11.8 Å². The van der Waals surface area contributed by atoms with Gasteiger partial charge >= 0.3 is 0 Å². The first-order valence-corrected chi connectivity index (χ1v) is 15.9. The fourth-order valence-corrected chi connectivity index (χ4v) is 5.91. The average molecular weight is 548 g/mol. The van der Waals surface area contributed by atoms with E-state index in [1.165, 1.54) is 35.3 Å². The van der Waals surface area contributed by atoms with E-state index < -0.39 is 6.10 Å². The minimum Gasteiger partial charge on any atom is -0.480 e. The van der Waals surface area contributed by atoms with Gasteiger partial charge in [-0.1, -0.05) is 117 Å². The first-order chi connectivity index (χ1) is 17.5. The summed E-state index contributed by atoms with van der Waals surface area (Å²) in [6.45, 7) is 20.1. The topological polar surface area (TPSA) is 64.1 Å². The molecular formula is C30H49N3O2S2. The number of nitrogens with one attached hydrogen (secondary N) is 1. The zero-order chi connectivity index (χ0) is 27.6. The maximum Gasteiger partial charge on any atom is 0.267 e. The summed E-state index contributed by atoms with van der Waals surface area (Å²) < 4.78 is 7.42. The zero-order valence-corrected chi connectivity index (χ0v) is 26.2. The number of aromatic nitrogens is 2. The highest BCUT2D eigenvalue weighted by Gasteiger charge is 2.29. The highest BCUT2D eigenvalue weighted by molar-refractivity contribution is 8.01. The van der Waals surface area contributed by atoms with Crippen LogP contribution >= 0.6 is 23.1 Å². The van der Waals surface area contributed by atoms with Gasteiger partial charge in [-0.25, -0.2) is 0 Å². The molecule has 0 aliphatic rings. The first-order valence-electron chi connectivity index (χ1n) is 14.1. The molecule has 208 valence electrons. The van der Waals surface area contributed by atoms with E-state index in [1.807, 2.05) is 0 Å². The van der Waals surface area contributed by atoms with Gasteiger partial charge in [-0.2, -0.15) is 0 Å². The van der Waals surface area contributed by atoms with Crippen molar-refractivity contribution in [2.24, 2.45) is 5.92 Å². The van der Waals surface area contributed by atoms with Crippen molar-refractivity contribution in [1.82, 2.24) is 10.2 Å². The number of hydrogen-bond acceptors (Lipinski definition) is 6. The molecule has 2 rings (SSSR count). The Kier molecular flexibility index (Phi) is 12.4. The lowest BCUT2D eigenvalue weighted by molar-refractivity contribution is -0.123. The van der Waals surface area contributed by atoms with Gasteiger partial charge in [-0.05, 0) is 54.1 Å². The average Bonchev–Trinajstić information content (AvgIpc) is 3.32. The Labute approximate surface area is 234 Å². The Morgan fingerprint density at radius 2 is 1.73 bits per heavy atom. The Hall–Kier alpha value is -1.60. The van der Waals surface area contributed by atoms with E-state index in [0.29, 0.717) is 17.5 Å². The number of unbranched alkanes of at least 4 members (excludes halogenated alkanes) is 1. The summed E-state index contributed by atoms with van der Waals surface area (Å²) in [6.07, 6.45) is 6.42. The molecule has 0 radical (unpaired) electrons. The van der Waals surface area contributed by atoms with Crippen molar-refractivity contribution >= 4 is 34.1 Å². The largest absolute Gasteiger partial charge is 0.480 e. The van der Waals surface area contributed by atoms with Gasteiger partial charge in [-0.15, -0.1) is 10.2 Å². The molecule has 0 bridgehead atoms. The van der Waals surface area contributed by atoms with Crippen molar-refractivity contribution in [3.05, 3.63) is 29.3 Å². The SMILES string of the molecule is CCCCC(Oc1ccc(C(C)(C)CC)cc1C(C)(C)CC)C(=O)Nc1nnc(SCC(C)CCC)s1. The maximum atomic E-state index is 13.4. The summed E-state index contributed by atoms with van der Waals surface area (Å²) in [5, 5.41) is 12.0. The van der Waals surface area contributed by atoms with Crippen molar-refractivity contribution < 1.29 is 9.53 Å². The summed E-state index contributed by atoms with van der Waals surface area (Å²) in [6, 6.07) is 6.53. The van der Waals surface area contributed by atoms with Crippen LogP contribution in [-0.2, 0) is 15.6 Å². The second-order valence-electron chi connectivity index (χ2n) is 11.5. The van der Waals surface area contributed by atoms with Crippen LogP contribution in [0.2, 0.25) is 0 Å². The normalized spacial score (nSPS) is 13.9. The Morgan fingerprint density at radius 3 is 2.35 bits per heavy atom. The van der Waals surface area contributed by atoms with Crippen molar-refractivity contribution in [3.63, 3.8) is 0 Å². The molecule has 37 heavy (non-hydrogen) atoms. The molecule has 2 atom stereocenters. The number of nitrogens with zero attached hydrogens (tertiary/aromatic N) is 2. The maximum absolute atomic E-state index is 13.4. The molecule has 0 spiro atoms. The minimum atomic E-state index is -0.582. The van der Waals surface area contributed by atoms with Gasteiger partial charge in [0, 0.05) is 11.3 Å². The monoisotopic (exact) mass is 547 g/mol. The second-order valence-corrected chi connectivity index (χ2v) is 13.7. The molecular weight excluding hydrogens is 498 g/mol. The molecule has 7 heteroatoms. The number of benzene rings is 1. The van der Waals surface area contributed by atoms with Crippen molar-refractivity contribution in [2.75, 3.05) is 11.1 Å². The molecule has 0 aliphatic heterocycles. The van der Waals surface area contributed by atoms with Gasteiger partial charge in [0.1, 0.15) is 5.75 Å². The van der Waals surface area contributed by atoms with E-state index in [-0.39, 0.29) is 16.7 Å². The lowest BCUT2D eigenvalue weighted by Gasteiger charge is -2.31. The summed E-state index contributed by atoms with van der Waals surface area (Å²) in [4.78, 5) is 13.4. The third-order valence-electron chi connectivity index (χ3n) is 7.55. The molecule has 2 aromatic rings. The molecule has 0 aliphatic carbocycles. The second kappa shape index (κ2) is 14.5. The van der Waals surface area contributed by atoms with Gasteiger partial charge < -0.3 is 4.74 Å². The molecule has 1 aromatic heterocycles. The Balaban J connectivity index is 2.24. The first kappa shape index (κ1) is 31.6. The van der Waals surface area contributed by atoms with Crippen molar-refractivity contribution in [3.8, 4) is 5.75 Å². The van der Waals surface area contributed by atoms with Gasteiger partial charge in [0.25, 0.3) is 5.91 Å². The predicted octanol–water partition coefficient (Wildman–Crippen LogP) is 9.02. The summed E-state index contributed by atoms with van der Waals surface area (Å²) >= 11 is 3.16. The van der Waals surface area contributed by atoms with Crippen LogP contribution in [0.4, 0.5) is 5.13 Å². The molecule has 5 nitrogen and oxygen atoms in total. The zero-order valence-electron chi connectivity index (χ0n) is 24.6. The van der Waals surface area contributed by atoms with E-state index in [0.717, 1.165) is 41.5 Å².